The van der Waals surface area contributed by atoms with E-state index in [0.717, 1.165) is 4.47 Å². The summed E-state index contributed by atoms with van der Waals surface area (Å²) >= 11 is 16.0. The molecule has 28 heavy (non-hydrogen) atoms. The van der Waals surface area contributed by atoms with Crippen molar-refractivity contribution in [1.29, 1.82) is 0 Å². The maximum atomic E-state index is 13.0. The van der Waals surface area contributed by atoms with Crippen molar-refractivity contribution < 1.29 is 14.3 Å². The summed E-state index contributed by atoms with van der Waals surface area (Å²) < 4.78 is 12.2. The number of rotatable bonds is 5. The Bertz CT molecular complexity index is 1020. The van der Waals surface area contributed by atoms with Crippen LogP contribution in [0.1, 0.15) is 5.56 Å². The average molecular weight is 495 g/mol. The third-order valence-corrected chi connectivity index (χ3v) is 5.75. The minimum atomic E-state index is -0.223. The highest BCUT2D eigenvalue weighted by molar-refractivity contribution is 9.10. The first-order valence-corrected chi connectivity index (χ1v) is 10.3. The predicted molar refractivity (Wildman–Crippen MR) is 122 cm³/mol. The molecule has 1 fully saturated rings. The van der Waals surface area contributed by atoms with Gasteiger partial charge in [-0.3, -0.25) is 9.69 Å². The van der Waals surface area contributed by atoms with Gasteiger partial charge in [0.15, 0.2) is 15.8 Å². The minimum absolute atomic E-state index is 0.0740. The lowest BCUT2D eigenvalue weighted by Crippen LogP contribution is -2.27. The summed E-state index contributed by atoms with van der Waals surface area (Å²) in [5, 5.41) is 0.585. The second-order valence-electron chi connectivity index (χ2n) is 5.51. The Labute approximate surface area is 186 Å². The molecule has 0 atom stereocenters. The average Bonchev–Trinajstić information content (AvgIpc) is 2.94. The molecule has 1 heterocycles. The number of thioether (sulfide) groups is 1. The van der Waals surface area contributed by atoms with Gasteiger partial charge in [-0.15, -0.1) is 6.42 Å². The number of hydrogen-bond acceptors (Lipinski definition) is 5. The fourth-order valence-corrected chi connectivity index (χ4v) is 4.41. The Morgan fingerprint density at radius 2 is 2.07 bits per heavy atom. The number of carbonyl (C=O) groups is 1. The highest BCUT2D eigenvalue weighted by Crippen LogP contribution is 2.40. The first-order chi connectivity index (χ1) is 13.4. The molecule has 142 valence electrons. The molecule has 1 aliphatic heterocycles. The molecule has 1 amide bonds. The van der Waals surface area contributed by atoms with Gasteiger partial charge in [0.2, 0.25) is 0 Å². The topological polar surface area (TPSA) is 38.8 Å². The zero-order chi connectivity index (χ0) is 20.3. The van der Waals surface area contributed by atoms with Crippen LogP contribution in [0.2, 0.25) is 5.02 Å². The number of methoxy groups -OCH3 is 1. The molecular formula is C20H13BrClNO3S2. The van der Waals surface area contributed by atoms with Gasteiger partial charge >= 0.3 is 0 Å². The predicted octanol–water partition coefficient (Wildman–Crippen LogP) is 5.53. The van der Waals surface area contributed by atoms with E-state index in [2.05, 4.69) is 21.9 Å². The maximum absolute atomic E-state index is 13.0. The second kappa shape index (κ2) is 9.01. The molecule has 2 aromatic carbocycles. The number of carbonyl (C=O) groups excluding carboxylic acids is 1. The quantitative estimate of drug-likeness (QED) is 0.310. The molecule has 0 radical (unpaired) electrons. The minimum Gasteiger partial charge on any atom is -0.493 e. The number of halogens is 2. The summed E-state index contributed by atoms with van der Waals surface area (Å²) in [5.74, 6) is 3.17. The number of amides is 1. The molecule has 0 N–H and O–H groups in total. The van der Waals surface area contributed by atoms with Crippen LogP contribution in [0.25, 0.3) is 6.08 Å². The molecular weight excluding hydrogens is 482 g/mol. The number of nitrogens with zero attached hydrogens (tertiary/aromatic N) is 1. The third-order valence-electron chi connectivity index (χ3n) is 3.73. The molecule has 2 aromatic rings. The lowest BCUT2D eigenvalue weighted by Gasteiger charge is -2.14. The first-order valence-electron chi connectivity index (χ1n) is 7.92. The highest BCUT2D eigenvalue weighted by atomic mass is 79.9. The molecule has 0 aromatic heterocycles. The molecule has 4 nitrogen and oxygen atoms in total. The van der Waals surface area contributed by atoms with Crippen molar-refractivity contribution in [3.63, 3.8) is 0 Å². The van der Waals surface area contributed by atoms with Crippen LogP contribution in [0.15, 0.2) is 45.8 Å². The van der Waals surface area contributed by atoms with Crippen molar-refractivity contribution in [2.75, 3.05) is 18.6 Å². The number of ether oxygens (including phenoxy) is 2. The normalized spacial score (nSPS) is 15.1. The van der Waals surface area contributed by atoms with Gasteiger partial charge in [-0.05, 0) is 42.5 Å². The Morgan fingerprint density at radius 1 is 1.36 bits per heavy atom. The molecule has 0 spiro atoms. The van der Waals surface area contributed by atoms with Crippen LogP contribution in [0.3, 0.4) is 0 Å². The van der Waals surface area contributed by atoms with Gasteiger partial charge < -0.3 is 9.47 Å². The van der Waals surface area contributed by atoms with E-state index in [4.69, 9.17) is 39.7 Å². The summed E-state index contributed by atoms with van der Waals surface area (Å²) in [6, 6.07) is 10.5. The van der Waals surface area contributed by atoms with Gasteiger partial charge in [0, 0.05) is 15.1 Å². The molecule has 1 saturated heterocycles. The van der Waals surface area contributed by atoms with Gasteiger partial charge in [0.1, 0.15) is 6.61 Å². The van der Waals surface area contributed by atoms with Crippen LogP contribution in [-0.2, 0) is 4.79 Å². The number of thiocarbonyl (C=S) groups is 1. The lowest BCUT2D eigenvalue weighted by atomic mass is 10.1. The summed E-state index contributed by atoms with van der Waals surface area (Å²) in [4.78, 5) is 14.9. The van der Waals surface area contributed by atoms with Crippen LogP contribution < -0.4 is 14.4 Å². The van der Waals surface area contributed by atoms with Gasteiger partial charge in [-0.25, -0.2) is 0 Å². The standard InChI is InChI=1S/C20H13BrClNO3S2/c1-3-8-26-18-12(9-13(21)11-16(18)25-2)10-17-19(24)23(20(27)28-17)15-6-4-14(22)5-7-15/h1,4-7,9-11H,8H2,2H3/b17-10-. The SMILES string of the molecule is C#CCOc1c(/C=C2\SC(=S)N(c3ccc(Cl)cc3)C2=O)cc(Br)cc1OC. The molecule has 0 bridgehead atoms. The fourth-order valence-electron chi connectivity index (χ4n) is 2.54. The van der Waals surface area contributed by atoms with Crippen LogP contribution >= 0.6 is 51.5 Å². The van der Waals surface area contributed by atoms with E-state index >= 15 is 0 Å². The molecule has 0 unspecified atom stereocenters. The Hall–Kier alpha value is -1.98. The zero-order valence-corrected chi connectivity index (χ0v) is 18.5. The summed E-state index contributed by atoms with van der Waals surface area (Å²) in [6.07, 6.45) is 7.03. The van der Waals surface area contributed by atoms with Crippen molar-refractivity contribution in [1.82, 2.24) is 0 Å². The molecule has 0 saturated carbocycles. The van der Waals surface area contributed by atoms with E-state index in [1.165, 1.54) is 23.8 Å². The van der Waals surface area contributed by atoms with Gasteiger partial charge in [0.05, 0.1) is 17.7 Å². The summed E-state index contributed by atoms with van der Waals surface area (Å²) in [6.45, 7) is 0.0740. The van der Waals surface area contributed by atoms with Gasteiger partial charge in [0.25, 0.3) is 5.91 Å². The molecule has 1 aliphatic rings. The van der Waals surface area contributed by atoms with E-state index in [0.29, 0.717) is 37.0 Å². The molecule has 8 heteroatoms. The Morgan fingerprint density at radius 3 is 2.71 bits per heavy atom. The number of benzene rings is 2. The summed E-state index contributed by atoms with van der Waals surface area (Å²) in [5.41, 5.74) is 1.31. The van der Waals surface area contributed by atoms with Crippen LogP contribution in [0.4, 0.5) is 5.69 Å². The Kier molecular flexibility index (Phi) is 6.68. The monoisotopic (exact) mass is 493 g/mol. The van der Waals surface area contributed by atoms with E-state index in [1.54, 1.807) is 36.4 Å². The number of terminal acetylenes is 1. The van der Waals surface area contributed by atoms with E-state index in [-0.39, 0.29) is 12.5 Å². The Balaban J connectivity index is 2.01. The fraction of sp³-hybridized carbons (Fsp3) is 0.100. The van der Waals surface area contributed by atoms with E-state index in [1.807, 2.05) is 6.07 Å². The highest BCUT2D eigenvalue weighted by Gasteiger charge is 2.33. The molecule has 3 rings (SSSR count). The number of hydrogen-bond donors (Lipinski definition) is 0. The van der Waals surface area contributed by atoms with E-state index < -0.39 is 0 Å². The van der Waals surface area contributed by atoms with Crippen molar-refractivity contribution in [3.05, 3.63) is 56.4 Å². The van der Waals surface area contributed by atoms with Gasteiger partial charge in [-0.1, -0.05) is 57.4 Å². The smallest absolute Gasteiger partial charge is 0.270 e. The van der Waals surface area contributed by atoms with Crippen LogP contribution in [0.5, 0.6) is 11.5 Å². The van der Waals surface area contributed by atoms with Crippen molar-refractivity contribution in [2.45, 2.75) is 0 Å². The lowest BCUT2D eigenvalue weighted by molar-refractivity contribution is -0.113. The molecule has 0 aliphatic carbocycles. The van der Waals surface area contributed by atoms with Crippen molar-refractivity contribution in [3.8, 4) is 23.8 Å². The largest absolute Gasteiger partial charge is 0.493 e. The van der Waals surface area contributed by atoms with E-state index in [9.17, 15) is 4.79 Å². The van der Waals surface area contributed by atoms with Crippen molar-refractivity contribution in [2.24, 2.45) is 0 Å². The van der Waals surface area contributed by atoms with Gasteiger partial charge in [-0.2, -0.15) is 0 Å². The maximum Gasteiger partial charge on any atom is 0.270 e. The third kappa shape index (κ3) is 4.36. The van der Waals surface area contributed by atoms with Crippen LogP contribution in [0, 0.1) is 12.3 Å². The number of anilines is 1. The second-order valence-corrected chi connectivity index (χ2v) is 8.54. The van der Waals surface area contributed by atoms with Crippen molar-refractivity contribution >= 4 is 73.5 Å². The summed E-state index contributed by atoms with van der Waals surface area (Å²) in [7, 11) is 1.54. The first kappa shape index (κ1) is 20.7. The van der Waals surface area contributed by atoms with Crippen LogP contribution in [-0.4, -0.2) is 23.9 Å². The zero-order valence-electron chi connectivity index (χ0n) is 14.6.